The van der Waals surface area contributed by atoms with Gasteiger partial charge in [-0.1, -0.05) is 41.1 Å². The molecule has 1 aliphatic heterocycles. The van der Waals surface area contributed by atoms with Crippen molar-refractivity contribution in [2.45, 2.75) is 19.3 Å². The van der Waals surface area contributed by atoms with Crippen LogP contribution in [0.4, 0.5) is 10.3 Å². The number of nitrogens with zero attached hydrogens (tertiary/aromatic N) is 3. The van der Waals surface area contributed by atoms with Crippen molar-refractivity contribution in [3.05, 3.63) is 40.9 Å². The van der Waals surface area contributed by atoms with Gasteiger partial charge in [0.05, 0.1) is 0 Å². The molecule has 0 atom stereocenters. The molecule has 0 aliphatic carbocycles. The Morgan fingerprint density at radius 1 is 1.30 bits per heavy atom. The number of nitrogens with one attached hydrogen (secondary N) is 2. The molecule has 0 radical (unpaired) electrons. The molecule has 2 N–H and O–H groups in total. The summed E-state index contributed by atoms with van der Waals surface area (Å²) in [5.74, 6) is -0.0640. The van der Waals surface area contributed by atoms with Crippen LogP contribution in [0.2, 0.25) is 5.02 Å². The number of rotatable bonds is 8. The fourth-order valence-corrected chi connectivity index (χ4v) is 3.54. The maximum Gasteiger partial charge on any atom is 0.250 e. The maximum absolute atomic E-state index is 12.0. The van der Waals surface area contributed by atoms with E-state index in [2.05, 4.69) is 20.8 Å². The molecule has 0 spiro atoms. The summed E-state index contributed by atoms with van der Waals surface area (Å²) in [6.07, 6.45) is 5.52. The highest BCUT2D eigenvalue weighted by molar-refractivity contribution is 7.19. The maximum atomic E-state index is 12.0. The van der Waals surface area contributed by atoms with E-state index in [0.29, 0.717) is 28.3 Å². The lowest BCUT2D eigenvalue weighted by Gasteiger charge is -2.14. The summed E-state index contributed by atoms with van der Waals surface area (Å²) in [4.78, 5) is 25.4. The molecule has 7 nitrogen and oxygen atoms in total. The number of halogens is 1. The van der Waals surface area contributed by atoms with Crippen molar-refractivity contribution in [3.8, 4) is 0 Å². The highest BCUT2D eigenvalue weighted by atomic mass is 35.5. The molecule has 3 rings (SSSR count). The van der Waals surface area contributed by atoms with Crippen LogP contribution in [0.25, 0.3) is 6.08 Å². The number of hydrogen-bond acceptors (Lipinski definition) is 6. The van der Waals surface area contributed by atoms with Gasteiger partial charge in [0.2, 0.25) is 22.1 Å². The van der Waals surface area contributed by atoms with E-state index >= 15 is 0 Å². The number of hydrogen-bond donors (Lipinski definition) is 2. The van der Waals surface area contributed by atoms with Crippen molar-refractivity contribution in [2.75, 3.05) is 30.3 Å². The van der Waals surface area contributed by atoms with Crippen LogP contribution in [0.5, 0.6) is 0 Å². The van der Waals surface area contributed by atoms with E-state index in [0.717, 1.165) is 31.5 Å². The fraction of sp³-hybridized carbons (Fsp3) is 0.333. The van der Waals surface area contributed by atoms with E-state index in [1.54, 1.807) is 12.1 Å². The van der Waals surface area contributed by atoms with E-state index in [1.807, 2.05) is 23.1 Å². The molecule has 0 unspecified atom stereocenters. The zero-order valence-corrected chi connectivity index (χ0v) is 16.2. The van der Waals surface area contributed by atoms with E-state index < -0.39 is 0 Å². The number of amides is 2. The monoisotopic (exact) mass is 405 g/mol. The van der Waals surface area contributed by atoms with E-state index in [1.165, 1.54) is 17.4 Å². The molecule has 1 aliphatic rings. The van der Waals surface area contributed by atoms with Crippen LogP contribution in [0.1, 0.15) is 24.8 Å². The average Bonchev–Trinajstić information content (AvgIpc) is 3.27. The number of benzene rings is 1. The van der Waals surface area contributed by atoms with Gasteiger partial charge in [0.25, 0.3) is 0 Å². The third-order valence-electron chi connectivity index (χ3n) is 4.03. The molecule has 1 saturated heterocycles. The Balaban J connectivity index is 1.41. The molecular weight excluding hydrogens is 386 g/mol. The summed E-state index contributed by atoms with van der Waals surface area (Å²) < 4.78 is 0. The van der Waals surface area contributed by atoms with Crippen LogP contribution in [0.15, 0.2) is 30.3 Å². The predicted octanol–water partition coefficient (Wildman–Crippen LogP) is 3.27. The highest BCUT2D eigenvalue weighted by Gasteiger charge is 2.18. The van der Waals surface area contributed by atoms with Crippen molar-refractivity contribution in [3.63, 3.8) is 0 Å². The Morgan fingerprint density at radius 3 is 2.89 bits per heavy atom. The number of carbonyl (C=O) groups excluding carboxylic acids is 2. The Bertz CT molecular complexity index is 839. The summed E-state index contributed by atoms with van der Waals surface area (Å²) >= 11 is 7.31. The minimum Gasteiger partial charge on any atom is -0.360 e. The lowest BCUT2D eigenvalue weighted by Crippen LogP contribution is -2.26. The first-order chi connectivity index (χ1) is 13.1. The van der Waals surface area contributed by atoms with Gasteiger partial charge in [-0.25, -0.2) is 0 Å². The van der Waals surface area contributed by atoms with Crippen LogP contribution >= 0.6 is 22.9 Å². The van der Waals surface area contributed by atoms with Gasteiger partial charge in [-0.3, -0.25) is 14.9 Å². The van der Waals surface area contributed by atoms with Crippen molar-refractivity contribution in [1.82, 2.24) is 15.1 Å². The van der Waals surface area contributed by atoms with Crippen molar-refractivity contribution in [1.29, 1.82) is 0 Å². The summed E-state index contributed by atoms with van der Waals surface area (Å²) in [6, 6.07) is 7.28. The molecule has 2 aromatic rings. The average molecular weight is 406 g/mol. The first-order valence-electron chi connectivity index (χ1n) is 8.70. The zero-order chi connectivity index (χ0) is 19.1. The van der Waals surface area contributed by atoms with Crippen LogP contribution in [0, 0.1) is 0 Å². The van der Waals surface area contributed by atoms with Gasteiger partial charge in [0.1, 0.15) is 0 Å². The first-order valence-corrected chi connectivity index (χ1v) is 9.90. The van der Waals surface area contributed by atoms with Crippen molar-refractivity contribution < 1.29 is 9.59 Å². The normalized spacial score (nSPS) is 14.1. The second kappa shape index (κ2) is 9.48. The lowest BCUT2D eigenvalue weighted by atomic mass is 10.2. The van der Waals surface area contributed by atoms with Crippen LogP contribution in [-0.2, 0) is 9.59 Å². The van der Waals surface area contributed by atoms with Crippen molar-refractivity contribution >= 4 is 51.1 Å². The van der Waals surface area contributed by atoms with E-state index in [-0.39, 0.29) is 11.8 Å². The molecule has 2 amide bonds. The van der Waals surface area contributed by atoms with E-state index in [4.69, 9.17) is 11.6 Å². The van der Waals surface area contributed by atoms with Crippen molar-refractivity contribution in [2.24, 2.45) is 0 Å². The second-order valence-electron chi connectivity index (χ2n) is 6.02. The fourth-order valence-electron chi connectivity index (χ4n) is 2.67. The van der Waals surface area contributed by atoms with Gasteiger partial charge in [0, 0.05) is 37.2 Å². The number of carbonyl (C=O) groups is 2. The number of likely N-dealkylation sites (tertiary alicyclic amines) is 1. The molecule has 27 heavy (non-hydrogen) atoms. The summed E-state index contributed by atoms with van der Waals surface area (Å²) in [5.41, 5.74) is 0.769. The summed E-state index contributed by atoms with van der Waals surface area (Å²) in [5, 5.41) is 15.4. The SMILES string of the molecule is O=C(/C=C/c1ccccc1Cl)Nc1nnc(NCCCN2CCCC2=O)s1. The van der Waals surface area contributed by atoms with Gasteiger partial charge in [-0.05, 0) is 30.5 Å². The Kier molecular flexibility index (Phi) is 6.78. The van der Waals surface area contributed by atoms with Gasteiger partial charge in [-0.15, -0.1) is 10.2 Å². The molecule has 0 bridgehead atoms. The third kappa shape index (κ3) is 5.77. The molecule has 1 aromatic carbocycles. The second-order valence-corrected chi connectivity index (χ2v) is 7.41. The minimum absolute atomic E-state index is 0.237. The van der Waals surface area contributed by atoms with Crippen LogP contribution in [0.3, 0.4) is 0 Å². The standard InChI is InChI=1S/C18H20ClN5O2S/c19-14-6-2-1-5-13(14)8-9-15(25)21-18-23-22-17(27-18)20-10-4-12-24-11-3-7-16(24)26/h1-2,5-6,8-9H,3-4,7,10-12H2,(H,20,22)(H,21,23,25)/b9-8+. The Labute approximate surface area is 166 Å². The highest BCUT2D eigenvalue weighted by Crippen LogP contribution is 2.20. The van der Waals surface area contributed by atoms with Crippen LogP contribution in [-0.4, -0.2) is 46.5 Å². The number of aromatic nitrogens is 2. The molecule has 9 heteroatoms. The molecule has 142 valence electrons. The minimum atomic E-state index is -0.301. The quantitative estimate of drug-likeness (QED) is 0.520. The molecule has 1 fully saturated rings. The number of anilines is 2. The van der Waals surface area contributed by atoms with Gasteiger partial charge >= 0.3 is 0 Å². The lowest BCUT2D eigenvalue weighted by molar-refractivity contribution is -0.127. The molecule has 2 heterocycles. The van der Waals surface area contributed by atoms with Gasteiger partial charge in [-0.2, -0.15) is 0 Å². The Hall–Kier alpha value is -2.45. The van der Waals surface area contributed by atoms with Gasteiger partial charge in [0.15, 0.2) is 0 Å². The largest absolute Gasteiger partial charge is 0.360 e. The summed E-state index contributed by atoms with van der Waals surface area (Å²) in [6.45, 7) is 2.30. The third-order valence-corrected chi connectivity index (χ3v) is 5.17. The van der Waals surface area contributed by atoms with E-state index in [9.17, 15) is 9.59 Å². The van der Waals surface area contributed by atoms with Crippen LogP contribution < -0.4 is 10.6 Å². The topological polar surface area (TPSA) is 87.2 Å². The predicted molar refractivity (Wildman–Crippen MR) is 108 cm³/mol. The zero-order valence-electron chi connectivity index (χ0n) is 14.7. The Morgan fingerprint density at radius 2 is 2.11 bits per heavy atom. The molecule has 0 saturated carbocycles. The van der Waals surface area contributed by atoms with Gasteiger partial charge < -0.3 is 10.2 Å². The molecular formula is C18H20ClN5O2S. The molecule has 1 aromatic heterocycles. The first kappa shape index (κ1) is 19.3. The smallest absolute Gasteiger partial charge is 0.250 e. The summed E-state index contributed by atoms with van der Waals surface area (Å²) in [7, 11) is 0.